The summed E-state index contributed by atoms with van der Waals surface area (Å²) in [4.78, 5) is 0. The van der Waals surface area contributed by atoms with Gasteiger partial charge in [-0.2, -0.15) is 0 Å². The van der Waals surface area contributed by atoms with E-state index < -0.39 is 0 Å². The van der Waals surface area contributed by atoms with Crippen LogP contribution in [-0.2, 0) is 0 Å². The molecular weight excluding hydrogens is 254 g/mol. The number of nitrogens with one attached hydrogen (secondary N) is 1. The van der Waals surface area contributed by atoms with Crippen molar-refractivity contribution in [1.82, 2.24) is 0 Å². The van der Waals surface area contributed by atoms with Crippen LogP contribution in [0.5, 0.6) is 0 Å². The predicted molar refractivity (Wildman–Crippen MR) is 94.7 cm³/mol. The van der Waals surface area contributed by atoms with Crippen LogP contribution in [0.1, 0.15) is 64.0 Å². The summed E-state index contributed by atoms with van der Waals surface area (Å²) in [5.74, 6) is 0. The average molecular weight is 285 g/mol. The Balaban J connectivity index is 1.84. The van der Waals surface area contributed by atoms with Crippen molar-refractivity contribution in [2.45, 2.75) is 59.8 Å². The van der Waals surface area contributed by atoms with E-state index in [1.807, 2.05) is 6.08 Å². The summed E-state index contributed by atoms with van der Waals surface area (Å²) in [6.45, 7) is 14.2. The van der Waals surface area contributed by atoms with E-state index in [0.717, 1.165) is 6.54 Å². The lowest BCUT2D eigenvalue weighted by Crippen LogP contribution is -2.14. The van der Waals surface area contributed by atoms with Crippen LogP contribution in [0.25, 0.3) is 6.08 Å². The smallest absolute Gasteiger partial charge is 0.0416 e. The fourth-order valence-electron chi connectivity index (χ4n) is 2.91. The van der Waals surface area contributed by atoms with Crippen molar-refractivity contribution in [1.29, 1.82) is 0 Å². The van der Waals surface area contributed by atoms with Gasteiger partial charge in [0.25, 0.3) is 0 Å². The van der Waals surface area contributed by atoms with Gasteiger partial charge in [0.15, 0.2) is 0 Å². The van der Waals surface area contributed by atoms with Crippen molar-refractivity contribution in [3.8, 4) is 0 Å². The molecule has 1 fully saturated rings. The zero-order valence-corrected chi connectivity index (χ0v) is 14.3. The first-order valence-electron chi connectivity index (χ1n) is 8.31. The van der Waals surface area contributed by atoms with Crippen LogP contribution < -0.4 is 5.32 Å². The van der Waals surface area contributed by atoms with Gasteiger partial charge >= 0.3 is 0 Å². The maximum Gasteiger partial charge on any atom is 0.0416 e. The van der Waals surface area contributed by atoms with E-state index in [-0.39, 0.29) is 0 Å². The number of rotatable bonds is 7. The van der Waals surface area contributed by atoms with E-state index in [9.17, 15) is 0 Å². The molecule has 0 amide bonds. The molecule has 0 bridgehead atoms. The highest BCUT2D eigenvalue weighted by molar-refractivity contribution is 5.66. The molecule has 1 aliphatic rings. The Morgan fingerprint density at radius 1 is 1.24 bits per heavy atom. The monoisotopic (exact) mass is 285 g/mol. The van der Waals surface area contributed by atoms with Gasteiger partial charge in [-0.3, -0.25) is 0 Å². The second-order valence-corrected chi connectivity index (χ2v) is 8.03. The molecule has 1 nitrogen and oxygen atoms in total. The van der Waals surface area contributed by atoms with E-state index in [0.29, 0.717) is 10.8 Å². The van der Waals surface area contributed by atoms with Gasteiger partial charge in [-0.15, -0.1) is 0 Å². The van der Waals surface area contributed by atoms with Gasteiger partial charge in [-0.25, -0.2) is 0 Å². The minimum absolute atomic E-state index is 0.468. The Morgan fingerprint density at radius 3 is 2.52 bits per heavy atom. The van der Waals surface area contributed by atoms with E-state index in [4.69, 9.17) is 0 Å². The molecular formula is C20H31N. The zero-order chi connectivity index (χ0) is 15.5. The topological polar surface area (TPSA) is 12.0 Å². The minimum Gasteiger partial charge on any atom is -0.385 e. The fourth-order valence-corrected chi connectivity index (χ4v) is 2.91. The number of anilines is 1. The molecule has 0 aliphatic heterocycles. The number of hydrogen-bond acceptors (Lipinski definition) is 1. The van der Waals surface area contributed by atoms with E-state index in [2.05, 4.69) is 57.8 Å². The Bertz CT molecular complexity index is 489. The number of aryl methyl sites for hydroxylation is 1. The molecule has 2 rings (SSSR count). The second-order valence-electron chi connectivity index (χ2n) is 8.03. The minimum atomic E-state index is 0.468. The normalized spacial score (nSPS) is 16.6. The average Bonchev–Trinajstić information content (AvgIpc) is 3.17. The molecule has 21 heavy (non-hydrogen) atoms. The van der Waals surface area contributed by atoms with Crippen molar-refractivity contribution < 1.29 is 0 Å². The quantitative estimate of drug-likeness (QED) is 0.643. The highest BCUT2D eigenvalue weighted by atomic mass is 14.9. The SMILES string of the molecule is C=Cc1ccc(C)cc1NCCC1(CCC(C)(C)C)CC1. The van der Waals surface area contributed by atoms with Crippen molar-refractivity contribution in [2.24, 2.45) is 10.8 Å². The van der Waals surface area contributed by atoms with Gasteiger partial charge < -0.3 is 5.32 Å². The molecule has 0 atom stereocenters. The van der Waals surface area contributed by atoms with Crippen LogP contribution in [0.15, 0.2) is 24.8 Å². The third kappa shape index (κ3) is 4.91. The lowest BCUT2D eigenvalue weighted by molar-refractivity contribution is 0.304. The van der Waals surface area contributed by atoms with Crippen molar-refractivity contribution in [3.05, 3.63) is 35.9 Å². The van der Waals surface area contributed by atoms with Crippen molar-refractivity contribution in [2.75, 3.05) is 11.9 Å². The van der Waals surface area contributed by atoms with Gasteiger partial charge in [0.2, 0.25) is 0 Å². The molecule has 1 aromatic carbocycles. The van der Waals surface area contributed by atoms with Crippen molar-refractivity contribution in [3.63, 3.8) is 0 Å². The third-order valence-corrected chi connectivity index (χ3v) is 4.76. The first-order chi connectivity index (χ1) is 9.84. The molecule has 1 N–H and O–H groups in total. The third-order valence-electron chi connectivity index (χ3n) is 4.76. The van der Waals surface area contributed by atoms with Gasteiger partial charge in [-0.1, -0.05) is 45.6 Å². The highest BCUT2D eigenvalue weighted by Gasteiger charge is 2.41. The summed E-state index contributed by atoms with van der Waals surface area (Å²) < 4.78 is 0. The van der Waals surface area contributed by atoms with Crippen LogP contribution in [0.3, 0.4) is 0 Å². The first kappa shape index (κ1) is 16.1. The standard InChI is InChI=1S/C20H31N/c1-6-17-8-7-16(2)15-18(17)21-14-13-20(11-12-20)10-9-19(3,4)5/h6-8,15,21H,1,9-14H2,2-5H3. The maximum absolute atomic E-state index is 3.91. The van der Waals surface area contributed by atoms with Crippen LogP contribution in [0, 0.1) is 17.8 Å². The largest absolute Gasteiger partial charge is 0.385 e. The summed E-state index contributed by atoms with van der Waals surface area (Å²) in [5, 5.41) is 3.63. The summed E-state index contributed by atoms with van der Waals surface area (Å²) in [5.41, 5.74) is 4.85. The Kier molecular flexibility index (Phi) is 4.81. The van der Waals surface area contributed by atoms with Crippen LogP contribution in [-0.4, -0.2) is 6.54 Å². The molecule has 0 aromatic heterocycles. The summed E-state index contributed by atoms with van der Waals surface area (Å²) in [7, 11) is 0. The molecule has 0 saturated heterocycles. The predicted octanol–water partition coefficient (Wildman–Crippen LogP) is 6.05. The summed E-state index contributed by atoms with van der Waals surface area (Å²) >= 11 is 0. The Morgan fingerprint density at radius 2 is 1.95 bits per heavy atom. The molecule has 116 valence electrons. The molecule has 1 heteroatoms. The first-order valence-corrected chi connectivity index (χ1v) is 8.31. The summed E-state index contributed by atoms with van der Waals surface area (Å²) in [6.07, 6.45) is 8.82. The van der Waals surface area contributed by atoms with Crippen LogP contribution in [0.2, 0.25) is 0 Å². The molecule has 1 saturated carbocycles. The lowest BCUT2D eigenvalue weighted by Gasteiger charge is -2.23. The summed E-state index contributed by atoms with van der Waals surface area (Å²) in [6, 6.07) is 6.52. The van der Waals surface area contributed by atoms with Crippen LogP contribution >= 0.6 is 0 Å². The van der Waals surface area contributed by atoms with Gasteiger partial charge in [0.1, 0.15) is 0 Å². The zero-order valence-electron chi connectivity index (χ0n) is 14.3. The second kappa shape index (κ2) is 6.25. The van der Waals surface area contributed by atoms with Gasteiger partial charge in [0, 0.05) is 12.2 Å². The molecule has 0 spiro atoms. The van der Waals surface area contributed by atoms with Gasteiger partial charge in [0.05, 0.1) is 0 Å². The highest BCUT2D eigenvalue weighted by Crippen LogP contribution is 2.53. The number of hydrogen-bond donors (Lipinski definition) is 1. The van der Waals surface area contributed by atoms with E-state index >= 15 is 0 Å². The molecule has 0 heterocycles. The van der Waals surface area contributed by atoms with E-state index in [1.165, 1.54) is 48.9 Å². The van der Waals surface area contributed by atoms with Crippen molar-refractivity contribution >= 4 is 11.8 Å². The molecule has 1 aliphatic carbocycles. The molecule has 0 radical (unpaired) electrons. The molecule has 0 unspecified atom stereocenters. The molecule has 1 aromatic rings. The van der Waals surface area contributed by atoms with Crippen LogP contribution in [0.4, 0.5) is 5.69 Å². The Hall–Kier alpha value is -1.24. The maximum atomic E-state index is 3.91. The lowest BCUT2D eigenvalue weighted by atomic mass is 9.84. The number of benzene rings is 1. The van der Waals surface area contributed by atoms with Gasteiger partial charge in [-0.05, 0) is 67.1 Å². The van der Waals surface area contributed by atoms with E-state index in [1.54, 1.807) is 0 Å². The fraction of sp³-hybridized carbons (Fsp3) is 0.600. The Labute approximate surface area is 130 Å².